The normalized spacial score (nSPS) is 24.3. The van der Waals surface area contributed by atoms with Crippen LogP contribution in [0.2, 0.25) is 0 Å². The van der Waals surface area contributed by atoms with Crippen LogP contribution in [0.1, 0.15) is 50.9 Å². The molecule has 0 spiro atoms. The van der Waals surface area contributed by atoms with E-state index >= 15 is 0 Å². The molecule has 2 fully saturated rings. The molecule has 2 bridgehead atoms. The lowest BCUT2D eigenvalue weighted by Gasteiger charge is -2.47. The number of hydrogen-bond acceptors (Lipinski definition) is 4. The Morgan fingerprint density at radius 2 is 1.71 bits per heavy atom. The Bertz CT molecular complexity index is 1030. The van der Waals surface area contributed by atoms with E-state index in [0.717, 1.165) is 12.2 Å². The lowest BCUT2D eigenvalue weighted by Crippen LogP contribution is -2.59. The average Bonchev–Trinajstić information content (AvgIpc) is 2.93. The maximum absolute atomic E-state index is 13.3. The smallest absolute Gasteiger partial charge is 0.255 e. The molecule has 1 heterocycles. The van der Waals surface area contributed by atoms with E-state index in [1.165, 1.54) is 4.90 Å². The van der Waals surface area contributed by atoms with Gasteiger partial charge in [-0.15, -0.1) is 0 Å². The lowest BCUT2D eigenvalue weighted by atomic mass is 9.62. The number of fused-ring (bicyclic) bond motifs is 2. The first-order chi connectivity index (χ1) is 14.7. The highest BCUT2D eigenvalue weighted by molar-refractivity contribution is 6.20. The molecule has 2 atom stereocenters. The number of ether oxygens (including phenoxy) is 1. The summed E-state index contributed by atoms with van der Waals surface area (Å²) in [6.45, 7) is 8.50. The number of carbonyl (C=O) groups excluding carboxylic acids is 3. The van der Waals surface area contributed by atoms with Crippen molar-refractivity contribution >= 4 is 29.1 Å². The van der Waals surface area contributed by atoms with Gasteiger partial charge in [-0.3, -0.25) is 14.4 Å². The van der Waals surface area contributed by atoms with Crippen molar-refractivity contribution in [2.75, 3.05) is 16.8 Å². The number of piperidine rings is 1. The molecule has 6 nitrogen and oxygen atoms in total. The van der Waals surface area contributed by atoms with Gasteiger partial charge in [0.1, 0.15) is 5.75 Å². The number of nitrogens with zero attached hydrogens (tertiary/aromatic N) is 1. The molecule has 1 aliphatic heterocycles. The fourth-order valence-corrected chi connectivity index (χ4v) is 4.83. The predicted octanol–water partition coefficient (Wildman–Crippen LogP) is 4.65. The van der Waals surface area contributed by atoms with Crippen molar-refractivity contribution < 1.29 is 19.1 Å². The Balaban J connectivity index is 1.51. The molecule has 0 unspecified atom stereocenters. The standard InChI is InChI=1S/C25H28N2O4/c1-5-31-19-12-8-17(9-13-19)26-21(28)16-6-10-18(11-7-16)27-22(29)20-14-15-25(4,23(27)30)24(20,2)3/h6-13,20H,5,14-15H2,1-4H3,(H,26,28)/t20-,25+/m0/s1. The topological polar surface area (TPSA) is 75.7 Å². The summed E-state index contributed by atoms with van der Waals surface area (Å²) < 4.78 is 5.41. The van der Waals surface area contributed by atoms with E-state index in [1.54, 1.807) is 48.5 Å². The summed E-state index contributed by atoms with van der Waals surface area (Å²) in [6.07, 6.45) is 1.45. The van der Waals surface area contributed by atoms with Gasteiger partial charge in [0, 0.05) is 17.2 Å². The van der Waals surface area contributed by atoms with Gasteiger partial charge in [0.2, 0.25) is 11.8 Å². The van der Waals surface area contributed by atoms with Crippen molar-refractivity contribution in [1.82, 2.24) is 0 Å². The summed E-state index contributed by atoms with van der Waals surface area (Å²) in [4.78, 5) is 40.3. The molecule has 1 N–H and O–H groups in total. The van der Waals surface area contributed by atoms with E-state index in [9.17, 15) is 14.4 Å². The number of anilines is 2. The Morgan fingerprint density at radius 3 is 2.32 bits per heavy atom. The third-order valence-corrected chi connectivity index (χ3v) is 7.23. The zero-order valence-electron chi connectivity index (χ0n) is 18.4. The number of benzene rings is 2. The first-order valence-electron chi connectivity index (χ1n) is 10.7. The Hall–Kier alpha value is -3.15. The van der Waals surface area contributed by atoms with Gasteiger partial charge in [-0.2, -0.15) is 0 Å². The minimum atomic E-state index is -0.560. The summed E-state index contributed by atoms with van der Waals surface area (Å²) in [5.41, 5.74) is 0.709. The Kier molecular flexibility index (Phi) is 5.12. The van der Waals surface area contributed by atoms with Gasteiger partial charge in [-0.05, 0) is 73.7 Å². The van der Waals surface area contributed by atoms with E-state index in [0.29, 0.717) is 30.0 Å². The van der Waals surface area contributed by atoms with Gasteiger partial charge in [0.25, 0.3) is 5.91 Å². The van der Waals surface area contributed by atoms with Crippen molar-refractivity contribution in [2.45, 2.75) is 40.5 Å². The predicted molar refractivity (Wildman–Crippen MR) is 119 cm³/mol. The largest absolute Gasteiger partial charge is 0.494 e. The Labute approximate surface area is 182 Å². The third kappa shape index (κ3) is 3.30. The van der Waals surface area contributed by atoms with Crippen LogP contribution < -0.4 is 15.0 Å². The number of nitrogens with one attached hydrogen (secondary N) is 1. The number of amides is 3. The summed E-state index contributed by atoms with van der Waals surface area (Å²) in [5, 5.41) is 2.84. The van der Waals surface area contributed by atoms with Gasteiger partial charge in [-0.25, -0.2) is 4.90 Å². The molecule has 1 saturated heterocycles. The molecule has 3 amide bonds. The van der Waals surface area contributed by atoms with Crippen molar-refractivity contribution in [3.8, 4) is 5.75 Å². The van der Waals surface area contributed by atoms with Crippen LogP contribution in [0.3, 0.4) is 0 Å². The molecule has 1 saturated carbocycles. The van der Waals surface area contributed by atoms with E-state index < -0.39 is 5.41 Å². The first kappa shape index (κ1) is 21.1. The highest BCUT2D eigenvalue weighted by atomic mass is 16.5. The molecular formula is C25H28N2O4. The van der Waals surface area contributed by atoms with Crippen molar-refractivity contribution in [2.24, 2.45) is 16.7 Å². The van der Waals surface area contributed by atoms with Crippen LogP contribution in [0.15, 0.2) is 48.5 Å². The third-order valence-electron chi connectivity index (χ3n) is 7.23. The fourth-order valence-electron chi connectivity index (χ4n) is 4.83. The molecule has 1 aliphatic carbocycles. The molecular weight excluding hydrogens is 392 g/mol. The van der Waals surface area contributed by atoms with Crippen molar-refractivity contribution in [3.05, 3.63) is 54.1 Å². The van der Waals surface area contributed by atoms with Gasteiger partial charge in [0.15, 0.2) is 0 Å². The second kappa shape index (κ2) is 7.52. The summed E-state index contributed by atoms with van der Waals surface area (Å²) in [7, 11) is 0. The Morgan fingerprint density at radius 1 is 1.06 bits per heavy atom. The summed E-state index contributed by atoms with van der Waals surface area (Å²) in [5.74, 6) is 0.0176. The molecule has 0 radical (unpaired) electrons. The molecule has 162 valence electrons. The molecule has 2 aliphatic rings. The number of hydrogen-bond donors (Lipinski definition) is 1. The van der Waals surface area contributed by atoms with E-state index in [1.807, 2.05) is 27.7 Å². The maximum atomic E-state index is 13.3. The minimum Gasteiger partial charge on any atom is -0.494 e. The zero-order valence-corrected chi connectivity index (χ0v) is 18.4. The summed E-state index contributed by atoms with van der Waals surface area (Å²) >= 11 is 0. The first-order valence-corrected chi connectivity index (χ1v) is 10.7. The second-order valence-electron chi connectivity index (χ2n) is 9.08. The van der Waals surface area contributed by atoms with Crippen LogP contribution >= 0.6 is 0 Å². The molecule has 2 aromatic carbocycles. The van der Waals surface area contributed by atoms with Crippen LogP contribution in [0.4, 0.5) is 11.4 Å². The SMILES string of the molecule is CCOc1ccc(NC(=O)c2ccc(N3C(=O)[C@@H]4CC[C@](C)(C3=O)C4(C)C)cc2)cc1. The van der Waals surface area contributed by atoms with E-state index in [4.69, 9.17) is 4.74 Å². The van der Waals surface area contributed by atoms with Crippen molar-refractivity contribution in [1.29, 1.82) is 0 Å². The lowest BCUT2D eigenvalue weighted by molar-refractivity contribution is -0.146. The second-order valence-corrected chi connectivity index (χ2v) is 9.08. The summed E-state index contributed by atoms with van der Waals surface area (Å²) in [6, 6.07) is 13.8. The highest BCUT2D eigenvalue weighted by Gasteiger charge is 2.64. The molecule has 31 heavy (non-hydrogen) atoms. The number of rotatable bonds is 5. The monoisotopic (exact) mass is 420 g/mol. The maximum Gasteiger partial charge on any atom is 0.255 e. The van der Waals surface area contributed by atoms with Crippen LogP contribution in [0.5, 0.6) is 5.75 Å². The molecule has 4 rings (SSSR count). The van der Waals surface area contributed by atoms with Crippen LogP contribution in [-0.2, 0) is 9.59 Å². The van der Waals surface area contributed by atoms with Gasteiger partial charge in [-0.1, -0.05) is 20.8 Å². The average molecular weight is 421 g/mol. The highest BCUT2D eigenvalue weighted by Crippen LogP contribution is 2.60. The van der Waals surface area contributed by atoms with Crippen LogP contribution in [0, 0.1) is 16.7 Å². The van der Waals surface area contributed by atoms with Crippen LogP contribution in [0.25, 0.3) is 0 Å². The van der Waals surface area contributed by atoms with Gasteiger partial charge >= 0.3 is 0 Å². The molecule has 6 heteroatoms. The van der Waals surface area contributed by atoms with Gasteiger partial charge < -0.3 is 10.1 Å². The van der Waals surface area contributed by atoms with Crippen LogP contribution in [-0.4, -0.2) is 24.3 Å². The molecule has 0 aromatic heterocycles. The fraction of sp³-hybridized carbons (Fsp3) is 0.400. The number of carbonyl (C=O) groups is 3. The minimum absolute atomic E-state index is 0.142. The zero-order chi connectivity index (χ0) is 22.4. The number of imide groups is 1. The van der Waals surface area contributed by atoms with Crippen molar-refractivity contribution in [3.63, 3.8) is 0 Å². The van der Waals surface area contributed by atoms with E-state index in [2.05, 4.69) is 5.32 Å². The van der Waals surface area contributed by atoms with E-state index in [-0.39, 0.29) is 29.1 Å². The van der Waals surface area contributed by atoms with Gasteiger partial charge in [0.05, 0.1) is 17.7 Å². The quantitative estimate of drug-likeness (QED) is 0.714. The molecule has 2 aromatic rings.